The van der Waals surface area contributed by atoms with E-state index in [1.165, 1.54) is 11.1 Å². The molecule has 3 rings (SSSR count). The molecule has 0 radical (unpaired) electrons. The third kappa shape index (κ3) is 4.97. The Kier molecular flexibility index (Phi) is 7.57. The highest BCUT2D eigenvalue weighted by Gasteiger charge is 2.25. The zero-order valence-electron chi connectivity index (χ0n) is 14.7. The van der Waals surface area contributed by atoms with Crippen LogP contribution < -0.4 is 0 Å². The lowest BCUT2D eigenvalue weighted by Crippen LogP contribution is -2.46. The summed E-state index contributed by atoms with van der Waals surface area (Å²) in [5.41, 5.74) is 2.55. The maximum atomic E-state index is 6.05. The largest absolute Gasteiger partial charge is 0.304 e. The smallest absolute Gasteiger partial charge is 0.0602 e. The molecule has 24 heavy (non-hydrogen) atoms. The van der Waals surface area contributed by atoms with E-state index in [9.17, 15) is 0 Å². The van der Waals surface area contributed by atoms with Crippen molar-refractivity contribution in [2.45, 2.75) is 19.9 Å². The Labute approximate surface area is 156 Å². The van der Waals surface area contributed by atoms with Crippen molar-refractivity contribution in [3.8, 4) is 0 Å². The molecule has 2 aromatic rings. The van der Waals surface area contributed by atoms with Gasteiger partial charge in [0.15, 0.2) is 0 Å². The summed E-state index contributed by atoms with van der Waals surface area (Å²) in [5.74, 6) is 0. The molecule has 0 aromatic heterocycles. The van der Waals surface area contributed by atoms with Crippen molar-refractivity contribution in [2.24, 2.45) is 0 Å². The molecular weight excluding hydrogens is 339 g/mol. The van der Waals surface area contributed by atoms with E-state index in [0.29, 0.717) is 0 Å². The predicted octanol–water partition coefficient (Wildman–Crippen LogP) is 5.36. The first-order chi connectivity index (χ1) is 11.6. The minimum Gasteiger partial charge on any atom is -0.304 e. The molecule has 0 saturated carbocycles. The second kappa shape index (κ2) is 9.43. The fourth-order valence-electron chi connectivity index (χ4n) is 2.98. The minimum atomic E-state index is 0.253. The molecule has 130 valence electrons. The Hall–Kier alpha value is -1.06. The normalized spacial score (nSPS) is 15.9. The summed E-state index contributed by atoms with van der Waals surface area (Å²) in [6.07, 6.45) is 0. The number of hydrogen-bond donors (Lipinski definition) is 0. The van der Waals surface area contributed by atoms with Gasteiger partial charge in [0.1, 0.15) is 0 Å². The summed E-state index contributed by atoms with van der Waals surface area (Å²) in [7, 11) is 2.18. The Balaban J connectivity index is 0.00000100. The fraction of sp³-hybridized carbons (Fsp3) is 0.400. The number of halogens is 2. The second-order valence-corrected chi connectivity index (χ2v) is 6.72. The average Bonchev–Trinajstić information content (AvgIpc) is 2.62. The van der Waals surface area contributed by atoms with Gasteiger partial charge in [0.05, 0.1) is 6.04 Å². The Morgan fingerprint density at radius 3 is 1.46 bits per heavy atom. The van der Waals surface area contributed by atoms with Crippen molar-refractivity contribution in [1.29, 1.82) is 0 Å². The molecule has 0 spiro atoms. The molecule has 1 heterocycles. The van der Waals surface area contributed by atoms with Crippen LogP contribution in [0.4, 0.5) is 0 Å². The van der Waals surface area contributed by atoms with Gasteiger partial charge >= 0.3 is 0 Å². The molecule has 0 N–H and O–H groups in total. The highest BCUT2D eigenvalue weighted by atomic mass is 35.5. The summed E-state index contributed by atoms with van der Waals surface area (Å²) < 4.78 is 0. The van der Waals surface area contributed by atoms with E-state index in [1.807, 2.05) is 38.1 Å². The van der Waals surface area contributed by atoms with E-state index in [0.717, 1.165) is 36.2 Å². The van der Waals surface area contributed by atoms with E-state index in [4.69, 9.17) is 23.2 Å². The molecular formula is C20H26Cl2N2. The molecule has 4 heteroatoms. The summed E-state index contributed by atoms with van der Waals surface area (Å²) in [4.78, 5) is 4.91. The van der Waals surface area contributed by atoms with Gasteiger partial charge < -0.3 is 4.90 Å². The zero-order chi connectivity index (χ0) is 17.5. The number of likely N-dealkylation sites (N-methyl/N-ethyl adjacent to an activating group) is 1. The summed E-state index contributed by atoms with van der Waals surface area (Å²) in [6, 6.07) is 16.6. The van der Waals surface area contributed by atoms with E-state index in [2.05, 4.69) is 41.1 Å². The number of piperazine rings is 1. The van der Waals surface area contributed by atoms with Crippen molar-refractivity contribution in [3.05, 3.63) is 69.7 Å². The molecule has 1 aliphatic rings. The second-order valence-electron chi connectivity index (χ2n) is 5.84. The topological polar surface area (TPSA) is 6.48 Å². The van der Waals surface area contributed by atoms with E-state index in [1.54, 1.807) is 0 Å². The van der Waals surface area contributed by atoms with E-state index >= 15 is 0 Å². The molecule has 1 aliphatic heterocycles. The average molecular weight is 365 g/mol. The minimum absolute atomic E-state index is 0.253. The number of benzene rings is 2. The Morgan fingerprint density at radius 1 is 0.708 bits per heavy atom. The molecule has 0 amide bonds. The van der Waals surface area contributed by atoms with Crippen LogP contribution in [-0.4, -0.2) is 43.0 Å². The molecule has 1 saturated heterocycles. The zero-order valence-corrected chi connectivity index (χ0v) is 16.2. The van der Waals surface area contributed by atoms with Gasteiger partial charge in [-0.25, -0.2) is 0 Å². The number of hydrogen-bond acceptors (Lipinski definition) is 2. The van der Waals surface area contributed by atoms with Crippen LogP contribution in [-0.2, 0) is 0 Å². The van der Waals surface area contributed by atoms with Crippen LogP contribution in [0.25, 0.3) is 0 Å². The van der Waals surface area contributed by atoms with Gasteiger partial charge in [-0.15, -0.1) is 0 Å². The lowest BCUT2D eigenvalue weighted by molar-refractivity contribution is 0.127. The molecule has 0 unspecified atom stereocenters. The molecule has 2 nitrogen and oxygen atoms in total. The van der Waals surface area contributed by atoms with Crippen LogP contribution in [0, 0.1) is 0 Å². The van der Waals surface area contributed by atoms with Crippen molar-refractivity contribution >= 4 is 23.2 Å². The first-order valence-electron chi connectivity index (χ1n) is 8.57. The third-order valence-corrected chi connectivity index (χ3v) is 4.78. The first-order valence-corrected chi connectivity index (χ1v) is 9.32. The standard InChI is InChI=1S/C18H20Cl2N2.C2H6/c1-21-10-12-22(13-11-21)18(14-2-6-16(19)7-3-14)15-4-8-17(20)9-5-15;1-2/h2-9,18H,10-13H2,1H3;1-2H3. The summed E-state index contributed by atoms with van der Waals surface area (Å²) >= 11 is 12.1. The van der Waals surface area contributed by atoms with Crippen LogP contribution in [0.15, 0.2) is 48.5 Å². The van der Waals surface area contributed by atoms with Crippen molar-refractivity contribution < 1.29 is 0 Å². The monoisotopic (exact) mass is 364 g/mol. The Bertz CT molecular complexity index is 557. The first kappa shape index (κ1) is 19.3. The number of rotatable bonds is 3. The fourth-order valence-corrected chi connectivity index (χ4v) is 3.24. The highest BCUT2D eigenvalue weighted by Crippen LogP contribution is 2.31. The van der Waals surface area contributed by atoms with Crippen molar-refractivity contribution in [1.82, 2.24) is 9.80 Å². The third-order valence-electron chi connectivity index (χ3n) is 4.27. The van der Waals surface area contributed by atoms with Crippen LogP contribution in [0.2, 0.25) is 10.0 Å². The van der Waals surface area contributed by atoms with E-state index < -0.39 is 0 Å². The Morgan fingerprint density at radius 2 is 1.08 bits per heavy atom. The molecule has 0 atom stereocenters. The maximum Gasteiger partial charge on any atom is 0.0602 e. The van der Waals surface area contributed by atoms with Gasteiger partial charge in [0.25, 0.3) is 0 Å². The lowest BCUT2D eigenvalue weighted by Gasteiger charge is -2.38. The number of nitrogens with zero attached hydrogens (tertiary/aromatic N) is 2. The van der Waals surface area contributed by atoms with Crippen molar-refractivity contribution in [3.63, 3.8) is 0 Å². The highest BCUT2D eigenvalue weighted by molar-refractivity contribution is 6.30. The quantitative estimate of drug-likeness (QED) is 0.723. The summed E-state index contributed by atoms with van der Waals surface area (Å²) in [6.45, 7) is 8.31. The summed E-state index contributed by atoms with van der Waals surface area (Å²) in [5, 5.41) is 1.55. The molecule has 0 bridgehead atoms. The molecule has 0 aliphatic carbocycles. The van der Waals surface area contributed by atoms with Crippen LogP contribution in [0.5, 0.6) is 0 Å². The van der Waals surface area contributed by atoms with Gasteiger partial charge in [0, 0.05) is 36.2 Å². The van der Waals surface area contributed by atoms with E-state index in [-0.39, 0.29) is 6.04 Å². The van der Waals surface area contributed by atoms with Gasteiger partial charge in [-0.05, 0) is 42.4 Å². The van der Waals surface area contributed by atoms with Gasteiger partial charge in [0.2, 0.25) is 0 Å². The van der Waals surface area contributed by atoms with Gasteiger partial charge in [-0.2, -0.15) is 0 Å². The molecule has 1 fully saturated rings. The van der Waals surface area contributed by atoms with Crippen LogP contribution >= 0.6 is 23.2 Å². The SMILES string of the molecule is CC.CN1CCN(C(c2ccc(Cl)cc2)c2ccc(Cl)cc2)CC1. The molecule has 2 aromatic carbocycles. The van der Waals surface area contributed by atoms with Crippen molar-refractivity contribution in [2.75, 3.05) is 33.2 Å². The predicted molar refractivity (Wildman–Crippen MR) is 105 cm³/mol. The maximum absolute atomic E-state index is 6.05. The van der Waals surface area contributed by atoms with Crippen LogP contribution in [0.3, 0.4) is 0 Å². The van der Waals surface area contributed by atoms with Gasteiger partial charge in [-0.3, -0.25) is 4.90 Å². The lowest BCUT2D eigenvalue weighted by atomic mass is 9.96. The van der Waals surface area contributed by atoms with Gasteiger partial charge in [-0.1, -0.05) is 61.3 Å². The van der Waals surface area contributed by atoms with Crippen LogP contribution in [0.1, 0.15) is 31.0 Å².